The van der Waals surface area contributed by atoms with E-state index in [2.05, 4.69) is 39.5 Å². The maximum Gasteiger partial charge on any atom is 0.191 e. The molecular weight excluding hydrogens is 425 g/mol. The molecule has 0 radical (unpaired) electrons. The van der Waals surface area contributed by atoms with Crippen LogP contribution in [0.4, 0.5) is 0 Å². The molecule has 0 aromatic rings. The number of nitrogens with zero attached hydrogens (tertiary/aromatic N) is 3. The molecule has 0 aromatic heterocycles. The normalized spacial score (nSPS) is 27.7. The van der Waals surface area contributed by atoms with E-state index >= 15 is 0 Å². The lowest BCUT2D eigenvalue weighted by Crippen LogP contribution is -2.54. The predicted octanol–water partition coefficient (Wildman–Crippen LogP) is 2.66. The summed E-state index contributed by atoms with van der Waals surface area (Å²) >= 11 is 0. The Hall–Kier alpha value is -0.0800. The van der Waals surface area contributed by atoms with Crippen molar-refractivity contribution in [3.8, 4) is 0 Å². The monoisotopic (exact) mass is 463 g/mol. The molecule has 5 nitrogen and oxygen atoms in total. The van der Waals surface area contributed by atoms with Gasteiger partial charge >= 0.3 is 0 Å². The summed E-state index contributed by atoms with van der Waals surface area (Å²) < 4.78 is 0. The van der Waals surface area contributed by atoms with Crippen molar-refractivity contribution in [2.45, 2.75) is 75.4 Å². The highest BCUT2D eigenvalue weighted by Crippen LogP contribution is 2.33. The van der Waals surface area contributed by atoms with Crippen molar-refractivity contribution in [2.75, 3.05) is 40.8 Å². The van der Waals surface area contributed by atoms with Gasteiger partial charge in [0.1, 0.15) is 0 Å². The molecule has 3 fully saturated rings. The Labute approximate surface area is 171 Å². The lowest BCUT2D eigenvalue weighted by Gasteiger charge is -2.37. The Kier molecular flexibility index (Phi) is 8.27. The molecule has 0 bridgehead atoms. The first kappa shape index (κ1) is 21.2. The molecule has 3 rings (SSSR count). The molecule has 3 aliphatic rings. The van der Waals surface area contributed by atoms with Crippen LogP contribution in [0.3, 0.4) is 0 Å². The fraction of sp³-hybridized carbons (Fsp3) is 0.947. The molecule has 146 valence electrons. The van der Waals surface area contributed by atoms with Gasteiger partial charge in [0.2, 0.25) is 0 Å². The number of likely N-dealkylation sites (tertiary alicyclic amines) is 1. The van der Waals surface area contributed by atoms with E-state index in [0.717, 1.165) is 18.5 Å². The first-order valence-electron chi connectivity index (χ1n) is 10.0. The van der Waals surface area contributed by atoms with E-state index in [1.54, 1.807) is 0 Å². The first-order valence-corrected chi connectivity index (χ1v) is 10.0. The number of hydrogen-bond donors (Lipinski definition) is 2. The van der Waals surface area contributed by atoms with Crippen LogP contribution in [0.5, 0.6) is 0 Å². The van der Waals surface area contributed by atoms with E-state index in [4.69, 9.17) is 0 Å². The van der Waals surface area contributed by atoms with Gasteiger partial charge in [-0.3, -0.25) is 9.89 Å². The van der Waals surface area contributed by atoms with Crippen molar-refractivity contribution in [3.05, 3.63) is 0 Å². The lowest BCUT2D eigenvalue weighted by molar-refractivity contribution is 0.160. The zero-order chi connectivity index (χ0) is 17.0. The quantitative estimate of drug-likeness (QED) is 0.374. The van der Waals surface area contributed by atoms with Crippen LogP contribution < -0.4 is 10.6 Å². The van der Waals surface area contributed by atoms with E-state index in [0.29, 0.717) is 11.6 Å². The minimum absolute atomic E-state index is 0. The van der Waals surface area contributed by atoms with Gasteiger partial charge in [0.05, 0.1) is 0 Å². The number of halogens is 1. The molecule has 1 unspecified atom stereocenters. The Balaban J connectivity index is 0.00000225. The van der Waals surface area contributed by atoms with Gasteiger partial charge in [0.15, 0.2) is 5.96 Å². The Morgan fingerprint density at radius 3 is 2.40 bits per heavy atom. The molecule has 1 aliphatic heterocycles. The molecule has 1 heterocycles. The molecule has 1 atom stereocenters. The van der Waals surface area contributed by atoms with Crippen molar-refractivity contribution in [1.29, 1.82) is 0 Å². The highest BCUT2D eigenvalue weighted by Gasteiger charge is 2.36. The van der Waals surface area contributed by atoms with Gasteiger partial charge in [-0.15, -0.1) is 24.0 Å². The van der Waals surface area contributed by atoms with Gasteiger partial charge < -0.3 is 15.5 Å². The van der Waals surface area contributed by atoms with Gasteiger partial charge in [-0.1, -0.05) is 25.7 Å². The summed E-state index contributed by atoms with van der Waals surface area (Å²) in [4.78, 5) is 9.60. The van der Waals surface area contributed by atoms with Gasteiger partial charge in [-0.2, -0.15) is 0 Å². The fourth-order valence-corrected chi connectivity index (χ4v) is 4.96. The van der Waals surface area contributed by atoms with Crippen LogP contribution in [0.25, 0.3) is 0 Å². The molecule has 0 amide bonds. The third kappa shape index (κ3) is 5.22. The number of aliphatic imine (C=N–C) groups is 1. The second-order valence-electron chi connectivity index (χ2n) is 8.31. The van der Waals surface area contributed by atoms with Crippen LogP contribution in [0.1, 0.15) is 57.8 Å². The maximum atomic E-state index is 4.48. The summed E-state index contributed by atoms with van der Waals surface area (Å²) in [6, 6.07) is 1.40. The van der Waals surface area contributed by atoms with Gasteiger partial charge in [0, 0.05) is 44.3 Å². The maximum absolute atomic E-state index is 4.48. The van der Waals surface area contributed by atoms with Crippen LogP contribution in [0, 0.1) is 0 Å². The molecular formula is C19H38IN5. The average Bonchev–Trinajstić information content (AvgIpc) is 3.32. The summed E-state index contributed by atoms with van der Waals surface area (Å²) in [5.41, 5.74) is 0.309. The summed E-state index contributed by atoms with van der Waals surface area (Å²) in [7, 11) is 6.34. The molecule has 2 saturated carbocycles. The van der Waals surface area contributed by atoms with Crippen LogP contribution >= 0.6 is 24.0 Å². The summed E-state index contributed by atoms with van der Waals surface area (Å²) in [6.45, 7) is 3.43. The number of nitrogens with one attached hydrogen (secondary N) is 2. The number of rotatable bonds is 5. The highest BCUT2D eigenvalue weighted by molar-refractivity contribution is 14.0. The van der Waals surface area contributed by atoms with E-state index in [-0.39, 0.29) is 24.0 Å². The summed E-state index contributed by atoms with van der Waals surface area (Å²) in [5, 5.41) is 7.30. The SMILES string of the molecule is CN=C(NCC1(N(C)C)CCCC1)NC1CCN(C2CCCC2)C1.I. The molecule has 0 aromatic carbocycles. The average molecular weight is 463 g/mol. The molecule has 1 saturated heterocycles. The molecule has 6 heteroatoms. The highest BCUT2D eigenvalue weighted by atomic mass is 127. The zero-order valence-corrected chi connectivity index (χ0v) is 18.7. The Morgan fingerprint density at radius 1 is 1.12 bits per heavy atom. The van der Waals surface area contributed by atoms with Crippen molar-refractivity contribution >= 4 is 29.9 Å². The first-order chi connectivity index (χ1) is 11.6. The summed E-state index contributed by atoms with van der Waals surface area (Å²) in [5.74, 6) is 0.987. The minimum Gasteiger partial charge on any atom is -0.355 e. The number of likely N-dealkylation sites (N-methyl/N-ethyl adjacent to an activating group) is 1. The van der Waals surface area contributed by atoms with E-state index in [9.17, 15) is 0 Å². The molecule has 0 spiro atoms. The standard InChI is InChI=1S/C19H37N5.HI/c1-20-18(21-15-19(23(2)3)11-6-7-12-19)22-16-10-13-24(14-16)17-8-4-5-9-17;/h16-17H,4-15H2,1-3H3,(H2,20,21,22);1H. The van der Waals surface area contributed by atoms with E-state index < -0.39 is 0 Å². The fourth-order valence-electron chi connectivity index (χ4n) is 4.96. The Morgan fingerprint density at radius 2 is 1.80 bits per heavy atom. The van der Waals surface area contributed by atoms with Crippen molar-refractivity contribution in [3.63, 3.8) is 0 Å². The second-order valence-corrected chi connectivity index (χ2v) is 8.31. The topological polar surface area (TPSA) is 42.9 Å². The van der Waals surface area contributed by atoms with E-state index in [1.807, 2.05) is 7.05 Å². The van der Waals surface area contributed by atoms with Gasteiger partial charge in [0.25, 0.3) is 0 Å². The minimum atomic E-state index is 0. The summed E-state index contributed by atoms with van der Waals surface area (Å²) in [6.07, 6.45) is 12.2. The van der Waals surface area contributed by atoms with Crippen molar-refractivity contribution in [1.82, 2.24) is 20.4 Å². The Bertz CT molecular complexity index is 428. The number of hydrogen-bond acceptors (Lipinski definition) is 3. The van der Waals surface area contributed by atoms with Gasteiger partial charge in [-0.05, 0) is 46.2 Å². The molecule has 2 N–H and O–H groups in total. The van der Waals surface area contributed by atoms with Crippen molar-refractivity contribution < 1.29 is 0 Å². The van der Waals surface area contributed by atoms with E-state index in [1.165, 1.54) is 70.9 Å². The van der Waals surface area contributed by atoms with Crippen LogP contribution in [0.15, 0.2) is 4.99 Å². The largest absolute Gasteiger partial charge is 0.355 e. The van der Waals surface area contributed by atoms with Crippen molar-refractivity contribution in [2.24, 2.45) is 4.99 Å². The predicted molar refractivity (Wildman–Crippen MR) is 117 cm³/mol. The molecule has 25 heavy (non-hydrogen) atoms. The molecule has 2 aliphatic carbocycles. The second kappa shape index (κ2) is 9.74. The number of guanidine groups is 1. The third-order valence-corrected chi connectivity index (χ3v) is 6.69. The smallest absolute Gasteiger partial charge is 0.191 e. The van der Waals surface area contributed by atoms with Gasteiger partial charge in [-0.25, -0.2) is 0 Å². The lowest BCUT2D eigenvalue weighted by atomic mass is 9.96. The zero-order valence-electron chi connectivity index (χ0n) is 16.4. The van der Waals surface area contributed by atoms with Crippen LogP contribution in [0.2, 0.25) is 0 Å². The van der Waals surface area contributed by atoms with Crippen LogP contribution in [-0.2, 0) is 0 Å². The third-order valence-electron chi connectivity index (χ3n) is 6.69. The van der Waals surface area contributed by atoms with Crippen LogP contribution in [-0.4, -0.2) is 74.2 Å².